The average molecular weight is 381 g/mol. The van der Waals surface area contributed by atoms with Crippen LogP contribution in [0.1, 0.15) is 38.7 Å². The second-order valence-electron chi connectivity index (χ2n) is 6.83. The average Bonchev–Trinajstić information content (AvgIpc) is 3.13. The van der Waals surface area contributed by atoms with Crippen molar-refractivity contribution in [2.24, 2.45) is 16.8 Å². The number of hydrogen-bond acceptors (Lipinski definition) is 3. The first kappa shape index (κ1) is 20.7. The number of benzene rings is 1. The fraction of sp³-hybridized carbons (Fsp3) is 0.632. The third-order valence-corrected chi connectivity index (χ3v) is 6.79. The molecule has 0 bridgehead atoms. The zero-order valence-electron chi connectivity index (χ0n) is 16.3. The number of nitrogens with one attached hydrogen (secondary N) is 2. The highest BCUT2D eigenvalue weighted by Gasteiger charge is 2.29. The van der Waals surface area contributed by atoms with E-state index in [0.29, 0.717) is 6.54 Å². The van der Waals surface area contributed by atoms with Gasteiger partial charge in [-0.1, -0.05) is 38.8 Å². The Bertz CT molecular complexity index is 714. The van der Waals surface area contributed by atoms with Crippen LogP contribution < -0.4 is 10.0 Å². The van der Waals surface area contributed by atoms with E-state index in [0.717, 1.165) is 36.4 Å². The highest BCUT2D eigenvalue weighted by molar-refractivity contribution is 7.89. The molecule has 7 heteroatoms. The van der Waals surface area contributed by atoms with Crippen molar-refractivity contribution in [2.75, 3.05) is 27.2 Å². The Balaban J connectivity index is 1.99. The first-order valence-corrected chi connectivity index (χ1v) is 10.9. The highest BCUT2D eigenvalue weighted by atomic mass is 32.2. The van der Waals surface area contributed by atoms with Crippen LogP contribution in [0.3, 0.4) is 0 Å². The van der Waals surface area contributed by atoms with Crippen LogP contribution in [-0.4, -0.2) is 46.5 Å². The fourth-order valence-corrected chi connectivity index (χ4v) is 4.57. The van der Waals surface area contributed by atoms with Crippen molar-refractivity contribution in [2.45, 2.75) is 44.6 Å². The monoisotopic (exact) mass is 380 g/mol. The second kappa shape index (κ2) is 9.37. The topological polar surface area (TPSA) is 73.8 Å². The van der Waals surface area contributed by atoms with Gasteiger partial charge in [0.2, 0.25) is 10.0 Å². The van der Waals surface area contributed by atoms with Gasteiger partial charge in [-0.25, -0.2) is 13.1 Å². The van der Waals surface area contributed by atoms with Gasteiger partial charge in [-0.15, -0.1) is 0 Å². The maximum absolute atomic E-state index is 11.9. The maximum atomic E-state index is 11.9. The van der Waals surface area contributed by atoms with Crippen molar-refractivity contribution in [3.05, 3.63) is 29.8 Å². The van der Waals surface area contributed by atoms with Gasteiger partial charge in [0, 0.05) is 26.7 Å². The normalized spacial score (nSPS) is 18.6. The standard InChI is InChI=1S/C19H32N4O2S/c1-5-16(6-2)17-10-11-23(14-17)19(20-3)22-13-15-8-7-9-18(12-15)26(24,25)21-4/h7-9,12,16-17,21H,5-6,10-11,13-14H2,1-4H3,(H,20,22). The van der Waals surface area contributed by atoms with Gasteiger partial charge >= 0.3 is 0 Å². The van der Waals surface area contributed by atoms with Crippen molar-refractivity contribution in [3.63, 3.8) is 0 Å². The van der Waals surface area contributed by atoms with E-state index in [1.165, 1.54) is 26.3 Å². The number of nitrogens with zero attached hydrogens (tertiary/aromatic N) is 2. The van der Waals surface area contributed by atoms with Gasteiger partial charge in [0.25, 0.3) is 0 Å². The quantitative estimate of drug-likeness (QED) is 0.563. The van der Waals surface area contributed by atoms with Crippen LogP contribution in [0.15, 0.2) is 34.2 Å². The summed E-state index contributed by atoms with van der Waals surface area (Å²) in [4.78, 5) is 7.02. The largest absolute Gasteiger partial charge is 0.352 e. The first-order chi connectivity index (χ1) is 12.4. The summed E-state index contributed by atoms with van der Waals surface area (Å²) in [5.41, 5.74) is 0.915. The molecule has 0 aromatic heterocycles. The molecule has 1 unspecified atom stereocenters. The van der Waals surface area contributed by atoms with Crippen LogP contribution >= 0.6 is 0 Å². The Hall–Kier alpha value is -1.60. The van der Waals surface area contributed by atoms with Crippen LogP contribution in [0.4, 0.5) is 0 Å². The molecule has 1 heterocycles. The number of sulfonamides is 1. The van der Waals surface area contributed by atoms with Crippen molar-refractivity contribution >= 4 is 16.0 Å². The minimum atomic E-state index is -3.42. The summed E-state index contributed by atoms with van der Waals surface area (Å²) in [6.45, 7) is 7.16. The molecular weight excluding hydrogens is 348 g/mol. The molecule has 2 rings (SSSR count). The molecule has 1 aromatic rings. The van der Waals surface area contributed by atoms with E-state index >= 15 is 0 Å². The van der Waals surface area contributed by atoms with Gasteiger partial charge < -0.3 is 10.2 Å². The summed E-state index contributed by atoms with van der Waals surface area (Å²) in [7, 11) is -0.199. The molecule has 0 amide bonds. The predicted octanol–water partition coefficient (Wildman–Crippen LogP) is 2.43. The smallest absolute Gasteiger partial charge is 0.240 e. The molecule has 0 aliphatic carbocycles. The molecule has 0 saturated carbocycles. The van der Waals surface area contributed by atoms with E-state index in [-0.39, 0.29) is 4.90 Å². The molecule has 0 spiro atoms. The third kappa shape index (κ3) is 4.98. The van der Waals surface area contributed by atoms with Gasteiger partial charge in [-0.3, -0.25) is 4.99 Å². The summed E-state index contributed by atoms with van der Waals surface area (Å²) < 4.78 is 26.3. The van der Waals surface area contributed by atoms with Crippen LogP contribution in [0.25, 0.3) is 0 Å². The molecule has 1 atom stereocenters. The molecule has 1 aromatic carbocycles. The summed E-state index contributed by atoms with van der Waals surface area (Å²) >= 11 is 0. The zero-order chi connectivity index (χ0) is 19.2. The Labute approximate surface area is 158 Å². The molecule has 1 saturated heterocycles. The Kier molecular flexibility index (Phi) is 7.46. The molecule has 0 radical (unpaired) electrons. The molecule has 2 N–H and O–H groups in total. The van der Waals surface area contributed by atoms with Crippen molar-refractivity contribution in [1.29, 1.82) is 0 Å². The molecular formula is C19H32N4O2S. The van der Waals surface area contributed by atoms with E-state index in [2.05, 4.69) is 33.8 Å². The number of rotatable bonds is 7. The lowest BCUT2D eigenvalue weighted by Gasteiger charge is -2.24. The van der Waals surface area contributed by atoms with Crippen molar-refractivity contribution in [1.82, 2.24) is 14.9 Å². The lowest BCUT2D eigenvalue weighted by molar-refractivity contribution is 0.319. The van der Waals surface area contributed by atoms with Gasteiger partial charge in [0.15, 0.2) is 5.96 Å². The Morgan fingerprint density at radius 2 is 2.08 bits per heavy atom. The summed E-state index contributed by atoms with van der Waals surface area (Å²) in [5.74, 6) is 2.40. The predicted molar refractivity (Wildman–Crippen MR) is 107 cm³/mol. The van der Waals surface area contributed by atoms with Gasteiger partial charge in [0.05, 0.1) is 4.90 Å². The number of likely N-dealkylation sites (tertiary alicyclic amines) is 1. The third-order valence-electron chi connectivity index (χ3n) is 5.38. The Morgan fingerprint density at radius 1 is 1.35 bits per heavy atom. The highest BCUT2D eigenvalue weighted by Crippen LogP contribution is 2.28. The molecule has 6 nitrogen and oxygen atoms in total. The minimum absolute atomic E-state index is 0.282. The summed E-state index contributed by atoms with van der Waals surface area (Å²) in [6.07, 6.45) is 3.67. The van der Waals surface area contributed by atoms with E-state index < -0.39 is 10.0 Å². The van der Waals surface area contributed by atoms with Crippen molar-refractivity contribution < 1.29 is 8.42 Å². The van der Waals surface area contributed by atoms with Crippen LogP contribution in [0.5, 0.6) is 0 Å². The van der Waals surface area contributed by atoms with E-state index in [4.69, 9.17) is 0 Å². The number of aliphatic imine (C=N–C) groups is 1. The van der Waals surface area contributed by atoms with Crippen LogP contribution in [-0.2, 0) is 16.6 Å². The lowest BCUT2D eigenvalue weighted by Crippen LogP contribution is -2.40. The SMILES string of the molecule is CCC(CC)C1CCN(C(=NC)NCc2cccc(S(=O)(=O)NC)c2)C1. The molecule has 146 valence electrons. The molecule has 26 heavy (non-hydrogen) atoms. The van der Waals surface area contributed by atoms with Gasteiger partial charge in [-0.2, -0.15) is 0 Å². The summed E-state index contributed by atoms with van der Waals surface area (Å²) in [6, 6.07) is 6.99. The molecule has 1 fully saturated rings. The van der Waals surface area contributed by atoms with E-state index in [1.807, 2.05) is 6.07 Å². The lowest BCUT2D eigenvalue weighted by atomic mass is 9.87. The van der Waals surface area contributed by atoms with E-state index in [9.17, 15) is 8.42 Å². The van der Waals surface area contributed by atoms with Crippen LogP contribution in [0.2, 0.25) is 0 Å². The second-order valence-corrected chi connectivity index (χ2v) is 8.71. The fourth-order valence-electron chi connectivity index (χ4n) is 3.77. The van der Waals surface area contributed by atoms with E-state index in [1.54, 1.807) is 25.2 Å². The van der Waals surface area contributed by atoms with Gasteiger partial charge in [0.1, 0.15) is 0 Å². The minimum Gasteiger partial charge on any atom is -0.352 e. The summed E-state index contributed by atoms with van der Waals surface area (Å²) in [5, 5.41) is 3.38. The Morgan fingerprint density at radius 3 is 2.69 bits per heavy atom. The number of hydrogen-bond donors (Lipinski definition) is 2. The van der Waals surface area contributed by atoms with Gasteiger partial charge in [-0.05, 0) is 43.0 Å². The first-order valence-electron chi connectivity index (χ1n) is 9.43. The number of guanidine groups is 1. The molecule has 1 aliphatic heterocycles. The van der Waals surface area contributed by atoms with Crippen LogP contribution in [0, 0.1) is 11.8 Å². The van der Waals surface area contributed by atoms with Crippen molar-refractivity contribution in [3.8, 4) is 0 Å². The molecule has 1 aliphatic rings. The zero-order valence-corrected chi connectivity index (χ0v) is 17.1. The maximum Gasteiger partial charge on any atom is 0.240 e.